The predicted molar refractivity (Wildman–Crippen MR) is 102 cm³/mol. The SMILES string of the molecule is COC(=O)c1cccc(C(=O)Nc2ccc(F)c(S(=O)(=O)N3CCOCC3)c2)c1. The lowest BCUT2D eigenvalue weighted by atomic mass is 10.1. The highest BCUT2D eigenvalue weighted by Gasteiger charge is 2.29. The lowest BCUT2D eigenvalue weighted by molar-refractivity contribution is 0.0600. The molecule has 2 aromatic carbocycles. The summed E-state index contributed by atoms with van der Waals surface area (Å²) in [5.74, 6) is -2.10. The third-order valence-electron chi connectivity index (χ3n) is 4.32. The number of ether oxygens (including phenoxy) is 2. The Kier molecular flexibility index (Phi) is 6.26. The van der Waals surface area contributed by atoms with Gasteiger partial charge < -0.3 is 14.8 Å². The molecule has 0 unspecified atom stereocenters. The molecular weight excluding hydrogens is 403 g/mol. The first kappa shape index (κ1) is 20.9. The Morgan fingerprint density at radius 3 is 2.48 bits per heavy atom. The van der Waals surface area contributed by atoms with Gasteiger partial charge in [-0.15, -0.1) is 0 Å². The van der Waals surface area contributed by atoms with E-state index in [1.807, 2.05) is 0 Å². The molecule has 0 aliphatic carbocycles. The first-order chi connectivity index (χ1) is 13.8. The minimum atomic E-state index is -4.07. The first-order valence-electron chi connectivity index (χ1n) is 8.70. The number of hydrogen-bond donors (Lipinski definition) is 1. The Bertz CT molecular complexity index is 1030. The van der Waals surface area contributed by atoms with Crippen molar-refractivity contribution < 1.29 is 31.9 Å². The number of morpholine rings is 1. The highest BCUT2D eigenvalue weighted by Crippen LogP contribution is 2.24. The lowest BCUT2D eigenvalue weighted by Crippen LogP contribution is -2.40. The highest BCUT2D eigenvalue weighted by atomic mass is 32.2. The van der Waals surface area contributed by atoms with Crippen LogP contribution in [0.25, 0.3) is 0 Å². The number of rotatable bonds is 5. The maximum absolute atomic E-state index is 14.3. The summed E-state index contributed by atoms with van der Waals surface area (Å²) >= 11 is 0. The van der Waals surface area contributed by atoms with Gasteiger partial charge in [0.25, 0.3) is 5.91 Å². The van der Waals surface area contributed by atoms with Crippen LogP contribution in [0.15, 0.2) is 47.4 Å². The number of benzene rings is 2. The van der Waals surface area contributed by atoms with E-state index in [2.05, 4.69) is 10.1 Å². The van der Waals surface area contributed by atoms with Crippen LogP contribution in [0.3, 0.4) is 0 Å². The minimum Gasteiger partial charge on any atom is -0.465 e. The van der Waals surface area contributed by atoms with Gasteiger partial charge in [0.2, 0.25) is 10.0 Å². The fourth-order valence-electron chi connectivity index (χ4n) is 2.81. The molecule has 1 N–H and O–H groups in total. The Balaban J connectivity index is 1.85. The Morgan fingerprint density at radius 2 is 1.79 bits per heavy atom. The van der Waals surface area contributed by atoms with Crippen molar-refractivity contribution in [3.63, 3.8) is 0 Å². The summed E-state index contributed by atoms with van der Waals surface area (Å²) < 4.78 is 50.6. The van der Waals surface area contributed by atoms with Crippen LogP contribution < -0.4 is 5.32 Å². The molecule has 1 fully saturated rings. The number of hydrogen-bond acceptors (Lipinski definition) is 6. The fraction of sp³-hybridized carbons (Fsp3) is 0.263. The second-order valence-corrected chi connectivity index (χ2v) is 8.09. The largest absolute Gasteiger partial charge is 0.465 e. The average molecular weight is 422 g/mol. The van der Waals surface area contributed by atoms with Crippen LogP contribution in [0.4, 0.5) is 10.1 Å². The molecule has 0 radical (unpaired) electrons. The zero-order valence-corrected chi connectivity index (χ0v) is 16.4. The van der Waals surface area contributed by atoms with Crippen molar-refractivity contribution in [2.45, 2.75) is 4.90 Å². The summed E-state index contributed by atoms with van der Waals surface area (Å²) in [5.41, 5.74) is 0.455. The van der Waals surface area contributed by atoms with E-state index >= 15 is 0 Å². The number of esters is 1. The van der Waals surface area contributed by atoms with Crippen molar-refractivity contribution in [3.05, 3.63) is 59.4 Å². The number of methoxy groups -OCH3 is 1. The van der Waals surface area contributed by atoms with Crippen LogP contribution in [0.1, 0.15) is 20.7 Å². The molecule has 8 nitrogen and oxygen atoms in total. The summed E-state index contributed by atoms with van der Waals surface area (Å²) in [6, 6.07) is 9.14. The fourth-order valence-corrected chi connectivity index (χ4v) is 4.31. The van der Waals surface area contributed by atoms with Gasteiger partial charge in [-0.2, -0.15) is 4.31 Å². The van der Waals surface area contributed by atoms with Gasteiger partial charge in [0.05, 0.1) is 25.9 Å². The maximum atomic E-state index is 14.3. The van der Waals surface area contributed by atoms with E-state index in [0.29, 0.717) is 0 Å². The molecule has 1 aliphatic rings. The number of sulfonamides is 1. The van der Waals surface area contributed by atoms with E-state index in [1.165, 1.54) is 37.4 Å². The van der Waals surface area contributed by atoms with Crippen LogP contribution >= 0.6 is 0 Å². The van der Waals surface area contributed by atoms with E-state index in [4.69, 9.17) is 4.74 Å². The molecule has 3 rings (SSSR count). The first-order valence-corrected chi connectivity index (χ1v) is 10.1. The maximum Gasteiger partial charge on any atom is 0.337 e. The van der Waals surface area contributed by atoms with Crippen LogP contribution in [0, 0.1) is 5.82 Å². The molecule has 2 aromatic rings. The summed E-state index contributed by atoms with van der Waals surface area (Å²) in [6.45, 7) is 0.707. The molecule has 0 bridgehead atoms. The van der Waals surface area contributed by atoms with Crippen LogP contribution in [0.2, 0.25) is 0 Å². The second-order valence-electron chi connectivity index (χ2n) is 6.19. The monoisotopic (exact) mass is 422 g/mol. The second kappa shape index (κ2) is 8.68. The van der Waals surface area contributed by atoms with Gasteiger partial charge in [0.1, 0.15) is 10.7 Å². The number of carbonyl (C=O) groups excluding carboxylic acids is 2. The van der Waals surface area contributed by atoms with Gasteiger partial charge in [-0.1, -0.05) is 6.07 Å². The number of amides is 1. The van der Waals surface area contributed by atoms with Gasteiger partial charge in [0, 0.05) is 24.3 Å². The highest BCUT2D eigenvalue weighted by molar-refractivity contribution is 7.89. The lowest BCUT2D eigenvalue weighted by Gasteiger charge is -2.26. The summed E-state index contributed by atoms with van der Waals surface area (Å²) in [4.78, 5) is 23.6. The van der Waals surface area contributed by atoms with Crippen molar-refractivity contribution in [3.8, 4) is 0 Å². The smallest absolute Gasteiger partial charge is 0.337 e. The summed E-state index contributed by atoms with van der Waals surface area (Å²) in [7, 11) is -2.84. The molecule has 10 heteroatoms. The molecule has 1 amide bonds. The van der Waals surface area contributed by atoms with Crippen molar-refractivity contribution in [2.24, 2.45) is 0 Å². The Morgan fingerprint density at radius 1 is 1.10 bits per heavy atom. The summed E-state index contributed by atoms with van der Waals surface area (Å²) in [6.07, 6.45) is 0. The molecule has 1 heterocycles. The Hall–Kier alpha value is -2.82. The topological polar surface area (TPSA) is 102 Å². The van der Waals surface area contributed by atoms with E-state index in [0.717, 1.165) is 16.4 Å². The molecule has 1 saturated heterocycles. The number of carbonyl (C=O) groups is 2. The normalized spacial score (nSPS) is 15.0. The molecule has 0 saturated carbocycles. The van der Waals surface area contributed by atoms with E-state index in [1.54, 1.807) is 0 Å². The van der Waals surface area contributed by atoms with Gasteiger partial charge in [-0.05, 0) is 36.4 Å². The molecular formula is C19H19FN2O6S. The Labute approximate surface area is 167 Å². The van der Waals surface area contributed by atoms with Gasteiger partial charge in [-0.25, -0.2) is 17.6 Å². The van der Waals surface area contributed by atoms with Crippen molar-refractivity contribution in [2.75, 3.05) is 38.7 Å². The number of halogens is 1. The molecule has 0 aromatic heterocycles. The third-order valence-corrected chi connectivity index (χ3v) is 6.24. The molecule has 1 aliphatic heterocycles. The predicted octanol–water partition coefficient (Wildman–Crippen LogP) is 1.89. The third kappa shape index (κ3) is 4.61. The molecule has 0 atom stereocenters. The summed E-state index contributed by atoms with van der Waals surface area (Å²) in [5, 5.41) is 2.52. The van der Waals surface area contributed by atoms with Crippen molar-refractivity contribution in [1.29, 1.82) is 0 Å². The van der Waals surface area contributed by atoms with Gasteiger partial charge in [-0.3, -0.25) is 4.79 Å². The van der Waals surface area contributed by atoms with E-state index in [9.17, 15) is 22.4 Å². The number of anilines is 1. The molecule has 154 valence electrons. The standard InChI is InChI=1S/C19H19FN2O6S/c1-27-19(24)14-4-2-3-13(11-14)18(23)21-15-5-6-16(20)17(12-15)29(25,26)22-7-9-28-10-8-22/h2-6,11-12H,7-10H2,1H3,(H,21,23). The zero-order valence-electron chi connectivity index (χ0n) is 15.6. The zero-order chi connectivity index (χ0) is 21.0. The van der Waals surface area contributed by atoms with Crippen LogP contribution in [-0.2, 0) is 19.5 Å². The minimum absolute atomic E-state index is 0.103. The molecule has 29 heavy (non-hydrogen) atoms. The number of nitrogens with zero attached hydrogens (tertiary/aromatic N) is 1. The number of nitrogens with one attached hydrogen (secondary N) is 1. The van der Waals surface area contributed by atoms with Crippen molar-refractivity contribution >= 4 is 27.6 Å². The van der Waals surface area contributed by atoms with E-state index < -0.39 is 32.6 Å². The quantitative estimate of drug-likeness (QED) is 0.739. The van der Waals surface area contributed by atoms with Crippen molar-refractivity contribution in [1.82, 2.24) is 4.31 Å². The van der Waals surface area contributed by atoms with E-state index in [-0.39, 0.29) is 43.1 Å². The molecule has 0 spiro atoms. The van der Waals surface area contributed by atoms with Gasteiger partial charge in [0.15, 0.2) is 0 Å². The van der Waals surface area contributed by atoms with Crippen LogP contribution in [-0.4, -0.2) is 58.0 Å². The van der Waals surface area contributed by atoms with Crippen LogP contribution in [0.5, 0.6) is 0 Å². The van der Waals surface area contributed by atoms with Gasteiger partial charge >= 0.3 is 5.97 Å². The average Bonchev–Trinajstić information content (AvgIpc) is 2.75.